The van der Waals surface area contributed by atoms with Crippen LogP contribution in [0.25, 0.3) is 87.2 Å². The highest BCUT2D eigenvalue weighted by molar-refractivity contribution is 6.18. The number of hydrogen-bond donors (Lipinski definition) is 0. The lowest BCUT2D eigenvalue weighted by Crippen LogP contribution is -2.11. The van der Waals surface area contributed by atoms with Crippen LogP contribution in [0.4, 0.5) is 17.1 Å². The largest absolute Gasteiger partial charge is 0.310 e. The SMILES string of the molecule is c1ccc(-c2cc(N(c3ccc4c(ccc5ccccc54)c3)c3ccccc3-c3ccccc3)ccc2-c2ccc3ccc4c5ccccc5ccc4c3c2)cc1. The van der Waals surface area contributed by atoms with Gasteiger partial charge in [0.05, 0.1) is 5.69 Å². The van der Waals surface area contributed by atoms with Gasteiger partial charge in [-0.05, 0) is 118 Å². The summed E-state index contributed by atoms with van der Waals surface area (Å²) in [6.07, 6.45) is 0. The van der Waals surface area contributed by atoms with Gasteiger partial charge in [-0.25, -0.2) is 0 Å². The summed E-state index contributed by atoms with van der Waals surface area (Å²) in [5.41, 5.74) is 10.5. The number of para-hydroxylation sites is 1. The molecule has 1 nitrogen and oxygen atoms in total. The Morgan fingerprint density at radius 3 is 1.47 bits per heavy atom. The van der Waals surface area contributed by atoms with Crippen molar-refractivity contribution < 1.29 is 0 Å². The fraction of sp³-hybridized carbons (Fsp3) is 0. The van der Waals surface area contributed by atoms with Gasteiger partial charge in [-0.2, -0.15) is 0 Å². The molecule has 0 saturated carbocycles. The maximum absolute atomic E-state index is 2.44. The molecule has 0 saturated heterocycles. The molecule has 0 aliphatic carbocycles. The van der Waals surface area contributed by atoms with E-state index in [1.54, 1.807) is 0 Å². The van der Waals surface area contributed by atoms with Crippen LogP contribution in [-0.2, 0) is 0 Å². The van der Waals surface area contributed by atoms with Crippen LogP contribution in [0.2, 0.25) is 0 Å². The summed E-state index contributed by atoms with van der Waals surface area (Å²) in [6.45, 7) is 0. The molecular weight excluding hydrogens is 687 g/mol. The van der Waals surface area contributed by atoms with Gasteiger partial charge >= 0.3 is 0 Å². The lowest BCUT2D eigenvalue weighted by Gasteiger charge is -2.29. The van der Waals surface area contributed by atoms with E-state index >= 15 is 0 Å². The number of nitrogens with zero attached hydrogens (tertiary/aromatic N) is 1. The molecule has 11 rings (SSSR count). The van der Waals surface area contributed by atoms with E-state index in [0.29, 0.717) is 0 Å². The molecule has 0 atom stereocenters. The number of benzene rings is 11. The second-order valence-corrected chi connectivity index (χ2v) is 14.9. The summed E-state index contributed by atoms with van der Waals surface area (Å²) in [7, 11) is 0. The van der Waals surface area contributed by atoms with Gasteiger partial charge in [-0.3, -0.25) is 0 Å². The molecule has 266 valence electrons. The van der Waals surface area contributed by atoms with Crippen LogP contribution in [0.5, 0.6) is 0 Å². The number of hydrogen-bond acceptors (Lipinski definition) is 1. The van der Waals surface area contributed by atoms with Gasteiger partial charge in [0, 0.05) is 16.9 Å². The summed E-state index contributed by atoms with van der Waals surface area (Å²) in [5.74, 6) is 0. The molecule has 1 heteroatoms. The minimum atomic E-state index is 1.10. The number of anilines is 3. The van der Waals surface area contributed by atoms with E-state index in [-0.39, 0.29) is 0 Å². The molecule has 0 spiro atoms. The van der Waals surface area contributed by atoms with Crippen molar-refractivity contribution in [2.24, 2.45) is 0 Å². The van der Waals surface area contributed by atoms with Gasteiger partial charge in [-0.1, -0.05) is 188 Å². The van der Waals surface area contributed by atoms with Crippen molar-refractivity contribution in [1.82, 2.24) is 0 Å². The first-order chi connectivity index (χ1) is 28.3. The van der Waals surface area contributed by atoms with Gasteiger partial charge in [0.15, 0.2) is 0 Å². The summed E-state index contributed by atoms with van der Waals surface area (Å²) >= 11 is 0. The molecule has 0 radical (unpaired) electrons. The second kappa shape index (κ2) is 13.7. The summed E-state index contributed by atoms with van der Waals surface area (Å²) in [4.78, 5) is 2.44. The average molecular weight is 724 g/mol. The quantitative estimate of drug-likeness (QED) is 0.154. The number of fused-ring (bicyclic) bond motifs is 8. The Labute approximate surface area is 332 Å². The molecule has 57 heavy (non-hydrogen) atoms. The van der Waals surface area contributed by atoms with Crippen LogP contribution >= 0.6 is 0 Å². The van der Waals surface area contributed by atoms with E-state index in [1.165, 1.54) is 87.2 Å². The topological polar surface area (TPSA) is 3.24 Å². The lowest BCUT2D eigenvalue weighted by molar-refractivity contribution is 1.29. The third kappa shape index (κ3) is 5.72. The van der Waals surface area contributed by atoms with Crippen LogP contribution in [0.1, 0.15) is 0 Å². The Bertz CT molecular complexity index is 3290. The van der Waals surface area contributed by atoms with Gasteiger partial charge in [0.2, 0.25) is 0 Å². The van der Waals surface area contributed by atoms with Crippen molar-refractivity contribution >= 4 is 70.9 Å². The fourth-order valence-electron chi connectivity index (χ4n) is 8.86. The molecule has 0 fully saturated rings. The third-order valence-electron chi connectivity index (χ3n) is 11.6. The second-order valence-electron chi connectivity index (χ2n) is 14.9. The molecule has 11 aromatic rings. The highest BCUT2D eigenvalue weighted by Gasteiger charge is 2.20. The molecule has 11 aromatic carbocycles. The molecule has 0 bridgehead atoms. The summed E-state index contributed by atoms with van der Waals surface area (Å²) < 4.78 is 0. The normalized spacial score (nSPS) is 11.5. The van der Waals surface area contributed by atoms with E-state index in [4.69, 9.17) is 0 Å². The van der Waals surface area contributed by atoms with Crippen molar-refractivity contribution in [3.8, 4) is 33.4 Å². The monoisotopic (exact) mass is 723 g/mol. The predicted molar refractivity (Wildman–Crippen MR) is 245 cm³/mol. The first kappa shape index (κ1) is 32.9. The zero-order valence-electron chi connectivity index (χ0n) is 31.3. The van der Waals surface area contributed by atoms with Gasteiger partial charge in [0.1, 0.15) is 0 Å². The Kier molecular flexibility index (Phi) is 7.89. The molecule has 0 aliphatic rings. The molecule has 0 aliphatic heterocycles. The van der Waals surface area contributed by atoms with Crippen LogP contribution in [0.15, 0.2) is 224 Å². The molecular formula is C56H37N. The van der Waals surface area contributed by atoms with Crippen molar-refractivity contribution in [3.05, 3.63) is 224 Å². The fourth-order valence-corrected chi connectivity index (χ4v) is 8.86. The van der Waals surface area contributed by atoms with E-state index in [2.05, 4.69) is 229 Å². The molecule has 0 N–H and O–H groups in total. The maximum Gasteiger partial charge on any atom is 0.0540 e. The minimum absolute atomic E-state index is 1.10. The number of rotatable bonds is 6. The highest BCUT2D eigenvalue weighted by atomic mass is 15.1. The minimum Gasteiger partial charge on any atom is -0.310 e. The van der Waals surface area contributed by atoms with Gasteiger partial charge < -0.3 is 4.90 Å². The van der Waals surface area contributed by atoms with Crippen molar-refractivity contribution in [2.45, 2.75) is 0 Å². The zero-order chi connectivity index (χ0) is 37.7. The van der Waals surface area contributed by atoms with E-state index in [1.807, 2.05) is 0 Å². The molecule has 0 heterocycles. The zero-order valence-corrected chi connectivity index (χ0v) is 31.3. The van der Waals surface area contributed by atoms with Crippen molar-refractivity contribution in [3.63, 3.8) is 0 Å². The maximum atomic E-state index is 2.44. The van der Waals surface area contributed by atoms with E-state index in [0.717, 1.165) is 17.1 Å². The van der Waals surface area contributed by atoms with Crippen LogP contribution in [0, 0.1) is 0 Å². The smallest absolute Gasteiger partial charge is 0.0540 e. The Morgan fingerprint density at radius 2 is 0.719 bits per heavy atom. The average Bonchev–Trinajstić information content (AvgIpc) is 3.29. The summed E-state index contributed by atoms with van der Waals surface area (Å²) in [6, 6.07) is 82.2. The lowest BCUT2D eigenvalue weighted by atomic mass is 9.90. The predicted octanol–water partition coefficient (Wildman–Crippen LogP) is 15.9. The molecule has 0 amide bonds. The third-order valence-corrected chi connectivity index (χ3v) is 11.6. The van der Waals surface area contributed by atoms with E-state index in [9.17, 15) is 0 Å². The van der Waals surface area contributed by atoms with Gasteiger partial charge in [-0.15, -0.1) is 0 Å². The van der Waals surface area contributed by atoms with E-state index < -0.39 is 0 Å². The van der Waals surface area contributed by atoms with Crippen molar-refractivity contribution in [2.75, 3.05) is 4.90 Å². The summed E-state index contributed by atoms with van der Waals surface area (Å²) in [5, 5.41) is 12.6. The first-order valence-corrected chi connectivity index (χ1v) is 19.7. The first-order valence-electron chi connectivity index (χ1n) is 19.7. The Balaban J connectivity index is 1.14. The molecule has 0 unspecified atom stereocenters. The van der Waals surface area contributed by atoms with Gasteiger partial charge in [0.25, 0.3) is 0 Å². The van der Waals surface area contributed by atoms with Crippen LogP contribution < -0.4 is 4.90 Å². The highest BCUT2D eigenvalue weighted by Crippen LogP contribution is 2.45. The standard InChI is InChI=1S/C56H37N/c1-3-13-38(14-4-1)51-21-11-12-22-56(51)57(45-29-33-49-43(35-45)25-23-40-17-7-9-19-47(40)49)46-30-34-50(55(37-46)39-15-5-2-6-16-39)44-26-24-42-28-31-52-48-20-10-8-18-41(48)27-32-53(52)54(42)36-44/h1-37H. The molecule has 0 aromatic heterocycles. The van der Waals surface area contributed by atoms with Crippen LogP contribution in [-0.4, -0.2) is 0 Å². The Hall–Kier alpha value is -7.48. The van der Waals surface area contributed by atoms with Crippen LogP contribution in [0.3, 0.4) is 0 Å². The van der Waals surface area contributed by atoms with Crippen molar-refractivity contribution in [1.29, 1.82) is 0 Å². The Morgan fingerprint density at radius 1 is 0.228 bits per heavy atom.